The molecule has 122 valence electrons. The van der Waals surface area contributed by atoms with Gasteiger partial charge in [0.05, 0.1) is 12.2 Å². The van der Waals surface area contributed by atoms with Gasteiger partial charge in [-0.05, 0) is 54.8 Å². The number of hydrogen-bond acceptors (Lipinski definition) is 2. The van der Waals surface area contributed by atoms with E-state index in [1.165, 1.54) is 12.1 Å². The van der Waals surface area contributed by atoms with Crippen molar-refractivity contribution in [2.45, 2.75) is 19.9 Å². The molecule has 1 unspecified atom stereocenters. The van der Waals surface area contributed by atoms with Crippen molar-refractivity contribution in [3.8, 4) is 11.1 Å². The Labute approximate surface area is 139 Å². The van der Waals surface area contributed by atoms with E-state index < -0.39 is 0 Å². The van der Waals surface area contributed by atoms with E-state index in [-0.39, 0.29) is 17.8 Å². The van der Waals surface area contributed by atoms with Crippen LogP contribution in [0.25, 0.3) is 11.1 Å². The largest absolute Gasteiger partial charge is 0.346 e. The molecule has 1 amide bonds. The molecule has 0 aliphatic rings. The first-order chi connectivity index (χ1) is 11.5. The number of amides is 1. The number of H-pyrrole nitrogens is 1. The minimum Gasteiger partial charge on any atom is -0.346 e. The van der Waals surface area contributed by atoms with E-state index >= 15 is 0 Å². The van der Waals surface area contributed by atoms with Gasteiger partial charge in [-0.25, -0.2) is 4.39 Å². The highest BCUT2D eigenvalue weighted by Crippen LogP contribution is 2.23. The molecule has 4 nitrogen and oxygen atoms in total. The maximum Gasteiger partial charge on any atom is 0.251 e. The SMILES string of the molecule is Cc1cc(C(=O)NC(C)c2ccc(F)cc2)ccc1-c1cn[nH]c1. The number of carbonyl (C=O) groups excluding carboxylic acids is 1. The molecule has 0 spiro atoms. The van der Waals surface area contributed by atoms with Crippen LogP contribution in [0, 0.1) is 12.7 Å². The first kappa shape index (κ1) is 15.9. The molecule has 3 aromatic rings. The Kier molecular flexibility index (Phi) is 4.42. The summed E-state index contributed by atoms with van der Waals surface area (Å²) in [6.45, 7) is 3.83. The predicted octanol–water partition coefficient (Wildman–Crippen LogP) is 4.02. The van der Waals surface area contributed by atoms with Crippen LogP contribution in [-0.2, 0) is 0 Å². The van der Waals surface area contributed by atoms with Gasteiger partial charge in [0, 0.05) is 17.3 Å². The molecule has 0 bridgehead atoms. The Morgan fingerprint density at radius 2 is 1.96 bits per heavy atom. The fraction of sp³-hybridized carbons (Fsp3) is 0.158. The van der Waals surface area contributed by atoms with Gasteiger partial charge in [-0.3, -0.25) is 9.89 Å². The number of aromatic amines is 1. The average Bonchev–Trinajstić information content (AvgIpc) is 3.09. The summed E-state index contributed by atoms with van der Waals surface area (Å²) in [5.41, 5.74) is 4.47. The van der Waals surface area contributed by atoms with E-state index in [9.17, 15) is 9.18 Å². The van der Waals surface area contributed by atoms with E-state index in [1.807, 2.05) is 32.2 Å². The molecule has 2 aromatic carbocycles. The highest BCUT2D eigenvalue weighted by molar-refractivity contribution is 5.95. The van der Waals surface area contributed by atoms with Crippen LogP contribution in [0.3, 0.4) is 0 Å². The summed E-state index contributed by atoms with van der Waals surface area (Å²) in [7, 11) is 0. The zero-order chi connectivity index (χ0) is 17.1. The lowest BCUT2D eigenvalue weighted by Gasteiger charge is -2.15. The number of benzene rings is 2. The molecule has 0 radical (unpaired) electrons. The van der Waals surface area contributed by atoms with Crippen molar-refractivity contribution in [3.05, 3.63) is 77.4 Å². The number of nitrogens with one attached hydrogen (secondary N) is 2. The van der Waals surface area contributed by atoms with Gasteiger partial charge in [0.15, 0.2) is 0 Å². The third-order valence-electron chi connectivity index (χ3n) is 4.02. The van der Waals surface area contributed by atoms with Crippen LogP contribution in [0.2, 0.25) is 0 Å². The Morgan fingerprint density at radius 3 is 2.58 bits per heavy atom. The quantitative estimate of drug-likeness (QED) is 0.762. The Hall–Kier alpha value is -2.95. The van der Waals surface area contributed by atoms with E-state index in [2.05, 4.69) is 15.5 Å². The summed E-state index contributed by atoms with van der Waals surface area (Å²) in [6.07, 6.45) is 3.57. The molecule has 5 heteroatoms. The van der Waals surface area contributed by atoms with Gasteiger partial charge in [0.2, 0.25) is 0 Å². The molecule has 1 atom stereocenters. The summed E-state index contributed by atoms with van der Waals surface area (Å²) in [5.74, 6) is -0.448. The molecule has 2 N–H and O–H groups in total. The predicted molar refractivity (Wildman–Crippen MR) is 91.0 cm³/mol. The van der Waals surface area contributed by atoms with E-state index in [1.54, 1.807) is 24.4 Å². The second-order valence-corrected chi connectivity index (χ2v) is 5.76. The number of carbonyl (C=O) groups is 1. The molecule has 0 aliphatic heterocycles. The van der Waals surface area contributed by atoms with Gasteiger partial charge in [-0.2, -0.15) is 5.10 Å². The molecule has 1 heterocycles. The first-order valence-electron chi connectivity index (χ1n) is 7.71. The Balaban J connectivity index is 1.75. The number of nitrogens with zero attached hydrogens (tertiary/aromatic N) is 1. The van der Waals surface area contributed by atoms with Crippen LogP contribution in [-0.4, -0.2) is 16.1 Å². The molecular weight excluding hydrogens is 305 g/mol. The zero-order valence-corrected chi connectivity index (χ0v) is 13.5. The van der Waals surface area contributed by atoms with Crippen LogP contribution >= 0.6 is 0 Å². The summed E-state index contributed by atoms with van der Waals surface area (Å²) in [5, 5.41) is 9.66. The Morgan fingerprint density at radius 1 is 1.21 bits per heavy atom. The lowest BCUT2D eigenvalue weighted by atomic mass is 10.00. The standard InChI is InChI=1S/C19H18FN3O/c1-12-9-15(5-8-18(12)16-10-21-22-11-16)19(24)23-13(2)14-3-6-17(20)7-4-14/h3-11,13H,1-2H3,(H,21,22)(H,23,24). The molecule has 0 saturated carbocycles. The summed E-state index contributed by atoms with van der Waals surface area (Å²) in [4.78, 5) is 12.4. The second-order valence-electron chi connectivity index (χ2n) is 5.76. The van der Waals surface area contributed by atoms with Crippen LogP contribution in [0.5, 0.6) is 0 Å². The van der Waals surface area contributed by atoms with Crippen LogP contribution in [0.15, 0.2) is 54.9 Å². The van der Waals surface area contributed by atoms with E-state index in [0.717, 1.165) is 22.3 Å². The van der Waals surface area contributed by atoms with Gasteiger partial charge in [0.25, 0.3) is 5.91 Å². The van der Waals surface area contributed by atoms with Crippen LogP contribution < -0.4 is 5.32 Å². The van der Waals surface area contributed by atoms with Gasteiger partial charge in [-0.1, -0.05) is 18.2 Å². The van der Waals surface area contributed by atoms with Crippen molar-refractivity contribution in [1.82, 2.24) is 15.5 Å². The zero-order valence-electron chi connectivity index (χ0n) is 13.5. The van der Waals surface area contributed by atoms with Gasteiger partial charge < -0.3 is 5.32 Å². The van der Waals surface area contributed by atoms with Crippen molar-refractivity contribution < 1.29 is 9.18 Å². The monoisotopic (exact) mass is 323 g/mol. The molecular formula is C19H18FN3O. The molecule has 0 fully saturated rings. The molecule has 1 aromatic heterocycles. The fourth-order valence-corrected chi connectivity index (χ4v) is 2.64. The number of aryl methyl sites for hydroxylation is 1. The lowest BCUT2D eigenvalue weighted by Crippen LogP contribution is -2.26. The number of aromatic nitrogens is 2. The molecule has 24 heavy (non-hydrogen) atoms. The van der Waals surface area contributed by atoms with Crippen LogP contribution in [0.1, 0.15) is 34.5 Å². The third-order valence-corrected chi connectivity index (χ3v) is 4.02. The van der Waals surface area contributed by atoms with Crippen molar-refractivity contribution in [1.29, 1.82) is 0 Å². The topological polar surface area (TPSA) is 57.8 Å². The summed E-state index contributed by atoms with van der Waals surface area (Å²) >= 11 is 0. The number of rotatable bonds is 4. The summed E-state index contributed by atoms with van der Waals surface area (Å²) in [6, 6.07) is 11.5. The molecule has 3 rings (SSSR count). The third kappa shape index (κ3) is 3.35. The second kappa shape index (κ2) is 6.66. The van der Waals surface area contributed by atoms with Crippen LogP contribution in [0.4, 0.5) is 4.39 Å². The minimum absolute atomic E-state index is 0.159. The number of halogens is 1. The molecule has 0 saturated heterocycles. The van der Waals surface area contributed by atoms with Gasteiger partial charge in [-0.15, -0.1) is 0 Å². The maximum atomic E-state index is 13.0. The number of hydrogen-bond donors (Lipinski definition) is 2. The minimum atomic E-state index is -0.289. The van der Waals surface area contributed by atoms with Gasteiger partial charge >= 0.3 is 0 Å². The molecule has 0 aliphatic carbocycles. The van der Waals surface area contributed by atoms with E-state index in [0.29, 0.717) is 5.56 Å². The van der Waals surface area contributed by atoms with Gasteiger partial charge in [0.1, 0.15) is 5.82 Å². The normalized spacial score (nSPS) is 12.0. The van der Waals surface area contributed by atoms with Crippen molar-refractivity contribution >= 4 is 5.91 Å². The highest BCUT2D eigenvalue weighted by Gasteiger charge is 2.13. The highest BCUT2D eigenvalue weighted by atomic mass is 19.1. The fourth-order valence-electron chi connectivity index (χ4n) is 2.64. The smallest absolute Gasteiger partial charge is 0.251 e. The first-order valence-corrected chi connectivity index (χ1v) is 7.71. The van der Waals surface area contributed by atoms with E-state index in [4.69, 9.17) is 0 Å². The van der Waals surface area contributed by atoms with Crippen molar-refractivity contribution in [2.75, 3.05) is 0 Å². The van der Waals surface area contributed by atoms with Crippen molar-refractivity contribution in [2.24, 2.45) is 0 Å². The Bertz CT molecular complexity index is 842. The van der Waals surface area contributed by atoms with Crippen molar-refractivity contribution in [3.63, 3.8) is 0 Å². The maximum absolute atomic E-state index is 13.0. The summed E-state index contributed by atoms with van der Waals surface area (Å²) < 4.78 is 13.0. The average molecular weight is 323 g/mol. The lowest BCUT2D eigenvalue weighted by molar-refractivity contribution is 0.0940.